The highest BCUT2D eigenvalue weighted by Crippen LogP contribution is 2.27. The van der Waals surface area contributed by atoms with Crippen LogP contribution >= 0.6 is 0 Å². The van der Waals surface area contributed by atoms with Gasteiger partial charge in [-0.25, -0.2) is 0 Å². The number of nitrogen functional groups attached to an aromatic ring is 2. The topological polar surface area (TPSA) is 101 Å². The predicted octanol–water partition coefficient (Wildman–Crippen LogP) is 3.46. The first-order chi connectivity index (χ1) is 13.0. The van der Waals surface area contributed by atoms with Gasteiger partial charge < -0.3 is 16.8 Å². The number of nitrogens with two attached hydrogens (primary N) is 2. The van der Waals surface area contributed by atoms with Crippen molar-refractivity contribution < 1.29 is 9.59 Å². The van der Waals surface area contributed by atoms with Crippen LogP contribution in [0.2, 0.25) is 0 Å². The summed E-state index contributed by atoms with van der Waals surface area (Å²) in [5.74, 6) is -1.51. The summed E-state index contributed by atoms with van der Waals surface area (Å²) < 4.78 is 0. The van der Waals surface area contributed by atoms with Crippen LogP contribution in [-0.4, -0.2) is 11.8 Å². The van der Waals surface area contributed by atoms with Crippen molar-refractivity contribution in [3.05, 3.63) is 78.4 Å². The van der Waals surface area contributed by atoms with Crippen molar-refractivity contribution in [2.75, 3.05) is 21.7 Å². The fourth-order valence-electron chi connectivity index (χ4n) is 2.64. The lowest BCUT2D eigenvalue weighted by atomic mass is 10.2. The maximum absolute atomic E-state index is 13.0. The quantitative estimate of drug-likeness (QED) is 0.492. The van der Waals surface area contributed by atoms with Crippen LogP contribution in [0.25, 0.3) is 0 Å². The van der Waals surface area contributed by atoms with Gasteiger partial charge in [-0.3, -0.25) is 14.5 Å². The van der Waals surface area contributed by atoms with Crippen molar-refractivity contribution in [3.8, 4) is 0 Å². The van der Waals surface area contributed by atoms with E-state index in [0.29, 0.717) is 28.4 Å². The van der Waals surface area contributed by atoms with Crippen molar-refractivity contribution in [2.45, 2.75) is 6.92 Å². The summed E-state index contributed by atoms with van der Waals surface area (Å²) in [6.45, 7) is 1.88. The molecule has 136 valence electrons. The van der Waals surface area contributed by atoms with Gasteiger partial charge in [0.25, 0.3) is 0 Å². The Morgan fingerprint density at radius 3 is 2.15 bits per heavy atom. The summed E-state index contributed by atoms with van der Waals surface area (Å²) in [5, 5.41) is 2.60. The first-order valence-electron chi connectivity index (χ1n) is 8.38. The van der Waals surface area contributed by atoms with Gasteiger partial charge in [0, 0.05) is 17.1 Å². The maximum atomic E-state index is 13.0. The third kappa shape index (κ3) is 4.07. The first kappa shape index (κ1) is 18.0. The second-order valence-corrected chi connectivity index (χ2v) is 6.11. The molecule has 6 nitrogen and oxygen atoms in total. The second-order valence-electron chi connectivity index (χ2n) is 6.11. The largest absolute Gasteiger partial charge is 0.399 e. The number of aryl methyl sites for hydroxylation is 1. The number of hydrogen-bond donors (Lipinski definition) is 3. The standard InChI is InChI=1S/C21H20N4O2/c1-14-7-12-18(23)19(13-14)24-20(26)21(27)25(16-5-3-2-4-6-16)17-10-8-15(22)9-11-17/h2-13H,22-23H2,1H3,(H,24,26). The Morgan fingerprint density at radius 1 is 0.852 bits per heavy atom. The molecule has 6 heteroatoms. The average Bonchev–Trinajstić information content (AvgIpc) is 2.67. The lowest BCUT2D eigenvalue weighted by molar-refractivity contribution is -0.134. The van der Waals surface area contributed by atoms with Gasteiger partial charge in [0.1, 0.15) is 0 Å². The van der Waals surface area contributed by atoms with Crippen molar-refractivity contribution in [1.29, 1.82) is 0 Å². The van der Waals surface area contributed by atoms with Crippen molar-refractivity contribution in [3.63, 3.8) is 0 Å². The summed E-state index contributed by atoms with van der Waals surface area (Å²) >= 11 is 0. The molecule has 2 amide bonds. The summed E-state index contributed by atoms with van der Waals surface area (Å²) in [5.41, 5.74) is 15.0. The van der Waals surface area contributed by atoms with Crippen molar-refractivity contribution in [1.82, 2.24) is 0 Å². The maximum Gasteiger partial charge on any atom is 0.321 e. The third-order valence-corrected chi connectivity index (χ3v) is 4.02. The van der Waals surface area contributed by atoms with E-state index in [2.05, 4.69) is 5.32 Å². The number of anilines is 5. The Labute approximate surface area is 157 Å². The molecule has 0 radical (unpaired) electrons. The molecule has 0 bridgehead atoms. The van der Waals surface area contributed by atoms with Crippen LogP contribution < -0.4 is 21.7 Å². The Hall–Kier alpha value is -3.80. The molecule has 5 N–H and O–H groups in total. The Morgan fingerprint density at radius 2 is 1.48 bits per heavy atom. The van der Waals surface area contributed by atoms with Crippen molar-refractivity contribution in [2.24, 2.45) is 0 Å². The van der Waals surface area contributed by atoms with Crippen LogP contribution in [0, 0.1) is 6.92 Å². The summed E-state index contributed by atoms with van der Waals surface area (Å²) in [7, 11) is 0. The molecule has 0 aliphatic heterocycles. The van der Waals surface area contributed by atoms with Crippen LogP contribution in [0.1, 0.15) is 5.56 Å². The van der Waals surface area contributed by atoms with Gasteiger partial charge in [-0.05, 0) is 61.0 Å². The molecule has 0 saturated heterocycles. The molecule has 3 aromatic carbocycles. The summed E-state index contributed by atoms with van der Waals surface area (Å²) in [6.07, 6.45) is 0. The predicted molar refractivity (Wildman–Crippen MR) is 109 cm³/mol. The normalized spacial score (nSPS) is 10.3. The van der Waals surface area contributed by atoms with E-state index in [4.69, 9.17) is 11.5 Å². The minimum atomic E-state index is -0.784. The van der Waals surface area contributed by atoms with Crippen LogP contribution in [0.3, 0.4) is 0 Å². The van der Waals surface area contributed by atoms with Gasteiger partial charge in [0.05, 0.1) is 11.4 Å². The fourth-order valence-corrected chi connectivity index (χ4v) is 2.64. The Kier molecular flexibility index (Phi) is 5.08. The van der Waals surface area contributed by atoms with Crippen molar-refractivity contribution >= 4 is 40.3 Å². The number of rotatable bonds is 3. The number of hydrogen-bond acceptors (Lipinski definition) is 4. The van der Waals surface area contributed by atoms with E-state index in [9.17, 15) is 9.59 Å². The zero-order valence-corrected chi connectivity index (χ0v) is 14.8. The Bertz CT molecular complexity index is 969. The molecule has 0 aliphatic carbocycles. The van der Waals surface area contributed by atoms with Crippen LogP contribution in [0.4, 0.5) is 28.4 Å². The van der Waals surface area contributed by atoms with E-state index in [1.165, 1.54) is 4.90 Å². The SMILES string of the molecule is Cc1ccc(N)c(NC(=O)C(=O)N(c2ccccc2)c2ccc(N)cc2)c1. The van der Waals surface area contributed by atoms with Gasteiger partial charge in [-0.2, -0.15) is 0 Å². The van der Waals surface area contributed by atoms with E-state index in [-0.39, 0.29) is 0 Å². The monoisotopic (exact) mass is 360 g/mol. The van der Waals surface area contributed by atoms with Gasteiger partial charge >= 0.3 is 11.8 Å². The molecular weight excluding hydrogens is 340 g/mol. The van der Waals surface area contributed by atoms with Gasteiger partial charge in [-0.15, -0.1) is 0 Å². The molecular formula is C21H20N4O2. The zero-order chi connectivity index (χ0) is 19.4. The van der Waals surface area contributed by atoms with Gasteiger partial charge in [-0.1, -0.05) is 24.3 Å². The van der Waals surface area contributed by atoms with E-state index < -0.39 is 11.8 Å². The molecule has 27 heavy (non-hydrogen) atoms. The smallest absolute Gasteiger partial charge is 0.321 e. The highest BCUT2D eigenvalue weighted by atomic mass is 16.2. The number of nitrogens with zero attached hydrogens (tertiary/aromatic N) is 1. The van der Waals surface area contributed by atoms with E-state index >= 15 is 0 Å². The fraction of sp³-hybridized carbons (Fsp3) is 0.0476. The molecule has 0 unspecified atom stereocenters. The highest BCUT2D eigenvalue weighted by molar-refractivity contribution is 6.46. The molecule has 0 atom stereocenters. The van der Waals surface area contributed by atoms with E-state index in [1.807, 2.05) is 19.1 Å². The van der Waals surface area contributed by atoms with E-state index in [0.717, 1.165) is 5.56 Å². The summed E-state index contributed by atoms with van der Waals surface area (Å²) in [4.78, 5) is 27.0. The number of benzene rings is 3. The van der Waals surface area contributed by atoms with Gasteiger partial charge in [0.15, 0.2) is 0 Å². The number of carbonyl (C=O) groups is 2. The highest BCUT2D eigenvalue weighted by Gasteiger charge is 2.25. The molecule has 0 saturated carbocycles. The lowest BCUT2D eigenvalue weighted by Gasteiger charge is -2.22. The number of para-hydroxylation sites is 1. The Balaban J connectivity index is 1.94. The molecule has 0 fully saturated rings. The minimum Gasteiger partial charge on any atom is -0.399 e. The molecule has 0 spiro atoms. The third-order valence-electron chi connectivity index (χ3n) is 4.02. The zero-order valence-electron chi connectivity index (χ0n) is 14.8. The molecule has 3 aromatic rings. The minimum absolute atomic E-state index is 0.389. The first-order valence-corrected chi connectivity index (χ1v) is 8.38. The molecule has 3 rings (SSSR count). The molecule has 0 aromatic heterocycles. The summed E-state index contributed by atoms with van der Waals surface area (Å²) in [6, 6.07) is 20.9. The molecule has 0 heterocycles. The van der Waals surface area contributed by atoms with Crippen LogP contribution in [-0.2, 0) is 9.59 Å². The number of carbonyl (C=O) groups excluding carboxylic acids is 2. The number of nitrogens with one attached hydrogen (secondary N) is 1. The molecule has 0 aliphatic rings. The number of amides is 2. The van der Waals surface area contributed by atoms with E-state index in [1.54, 1.807) is 60.7 Å². The second kappa shape index (κ2) is 7.61. The van der Waals surface area contributed by atoms with Gasteiger partial charge in [0.2, 0.25) is 0 Å². The lowest BCUT2D eigenvalue weighted by Crippen LogP contribution is -2.37. The average molecular weight is 360 g/mol. The van der Waals surface area contributed by atoms with Crippen LogP contribution in [0.15, 0.2) is 72.8 Å². The van der Waals surface area contributed by atoms with Crippen LogP contribution in [0.5, 0.6) is 0 Å².